The maximum Gasteiger partial charge on any atom is 0.119 e. The molecule has 0 radical (unpaired) electrons. The van der Waals surface area contributed by atoms with Gasteiger partial charge in [-0.1, -0.05) is 23.2 Å². The van der Waals surface area contributed by atoms with Crippen LogP contribution in [0.25, 0.3) is 0 Å². The van der Waals surface area contributed by atoms with Crippen LogP contribution < -0.4 is 5.32 Å². The number of benzene rings is 1. The topological polar surface area (TPSA) is 35.8 Å². The lowest BCUT2D eigenvalue weighted by molar-refractivity contribution is 0.370. The molecule has 0 aliphatic heterocycles. The van der Waals surface area contributed by atoms with Gasteiger partial charge in [-0.05, 0) is 50.8 Å². The molecule has 2 nitrogen and oxygen atoms in total. The number of thioether (sulfide) groups is 1. The van der Waals surface area contributed by atoms with E-state index < -0.39 is 5.54 Å². The van der Waals surface area contributed by atoms with Crippen molar-refractivity contribution >= 4 is 35.0 Å². The molecule has 1 aromatic carbocycles. The van der Waals surface area contributed by atoms with Crippen molar-refractivity contribution in [1.29, 1.82) is 5.26 Å². The predicted molar refractivity (Wildman–Crippen MR) is 86.5 cm³/mol. The highest BCUT2D eigenvalue weighted by Gasteiger charge is 2.46. The Hall–Kier alpha value is -0.400. The van der Waals surface area contributed by atoms with E-state index in [1.807, 2.05) is 6.07 Å². The molecular formula is C15H18Cl2N2S. The molecule has 1 aliphatic carbocycles. The smallest absolute Gasteiger partial charge is 0.119 e. The fraction of sp³-hybridized carbons (Fsp3) is 0.533. The van der Waals surface area contributed by atoms with E-state index in [0.29, 0.717) is 21.7 Å². The van der Waals surface area contributed by atoms with Gasteiger partial charge in [0.2, 0.25) is 0 Å². The Labute approximate surface area is 134 Å². The number of halogens is 2. The summed E-state index contributed by atoms with van der Waals surface area (Å²) in [4.78, 5) is 0.935. The van der Waals surface area contributed by atoms with Crippen molar-refractivity contribution < 1.29 is 0 Å². The molecule has 20 heavy (non-hydrogen) atoms. The van der Waals surface area contributed by atoms with Crippen LogP contribution in [0.15, 0.2) is 23.1 Å². The molecular weight excluding hydrogens is 311 g/mol. The number of hydrogen-bond donors (Lipinski definition) is 1. The van der Waals surface area contributed by atoms with E-state index in [4.69, 9.17) is 23.2 Å². The summed E-state index contributed by atoms with van der Waals surface area (Å²) in [6, 6.07) is 8.22. The van der Waals surface area contributed by atoms with Gasteiger partial charge in [-0.3, -0.25) is 5.32 Å². The lowest BCUT2D eigenvalue weighted by Crippen LogP contribution is -2.51. The van der Waals surface area contributed by atoms with E-state index in [-0.39, 0.29) is 6.04 Å². The molecule has 0 aromatic heterocycles. The van der Waals surface area contributed by atoms with Gasteiger partial charge in [0.05, 0.1) is 11.1 Å². The van der Waals surface area contributed by atoms with Crippen LogP contribution in [0.5, 0.6) is 0 Å². The van der Waals surface area contributed by atoms with Crippen LogP contribution in [0.3, 0.4) is 0 Å². The largest absolute Gasteiger partial charge is 0.296 e. The Morgan fingerprint density at radius 1 is 1.45 bits per heavy atom. The van der Waals surface area contributed by atoms with Gasteiger partial charge in [0, 0.05) is 21.7 Å². The van der Waals surface area contributed by atoms with Crippen molar-refractivity contribution in [3.8, 4) is 6.07 Å². The van der Waals surface area contributed by atoms with Crippen molar-refractivity contribution in [2.75, 3.05) is 5.75 Å². The van der Waals surface area contributed by atoms with Gasteiger partial charge >= 0.3 is 0 Å². The number of nitrogens with one attached hydrogen (secondary N) is 1. The molecule has 0 heterocycles. The summed E-state index contributed by atoms with van der Waals surface area (Å²) >= 11 is 13.8. The van der Waals surface area contributed by atoms with E-state index in [9.17, 15) is 5.26 Å². The van der Waals surface area contributed by atoms with E-state index in [2.05, 4.69) is 25.2 Å². The molecule has 108 valence electrons. The maximum atomic E-state index is 9.65. The highest BCUT2D eigenvalue weighted by atomic mass is 35.5. The molecule has 1 saturated carbocycles. The third-order valence-electron chi connectivity index (χ3n) is 3.37. The lowest BCUT2D eigenvalue weighted by Gasteiger charge is -2.30. The maximum absolute atomic E-state index is 9.65. The van der Waals surface area contributed by atoms with Crippen LogP contribution in [-0.2, 0) is 0 Å². The first-order valence-electron chi connectivity index (χ1n) is 6.73. The van der Waals surface area contributed by atoms with Crippen molar-refractivity contribution in [3.63, 3.8) is 0 Å². The molecule has 0 bridgehead atoms. The first kappa shape index (κ1) is 16.0. The van der Waals surface area contributed by atoms with Crippen molar-refractivity contribution in [1.82, 2.24) is 5.32 Å². The van der Waals surface area contributed by atoms with Gasteiger partial charge in [0.15, 0.2) is 0 Å². The first-order chi connectivity index (χ1) is 9.47. The van der Waals surface area contributed by atoms with Crippen molar-refractivity contribution in [2.45, 2.75) is 43.2 Å². The van der Waals surface area contributed by atoms with Crippen LogP contribution >= 0.6 is 35.0 Å². The van der Waals surface area contributed by atoms with E-state index in [0.717, 1.165) is 17.7 Å². The molecule has 2 rings (SSSR count). The van der Waals surface area contributed by atoms with Gasteiger partial charge in [0.25, 0.3) is 0 Å². The summed E-state index contributed by atoms with van der Waals surface area (Å²) in [5.41, 5.74) is -0.468. The average molecular weight is 329 g/mol. The standard InChI is InChI=1S/C15H18Cl2N2S/c1-10(2)19-15(8-18,11-3-4-11)9-20-14-7-12(16)5-6-13(14)17/h5-7,10-11,19H,3-4,9H2,1-2H3. The monoisotopic (exact) mass is 328 g/mol. The van der Waals surface area contributed by atoms with Crippen LogP contribution in [0.1, 0.15) is 26.7 Å². The summed E-state index contributed by atoms with van der Waals surface area (Å²) in [6.07, 6.45) is 2.24. The Morgan fingerprint density at radius 2 is 2.15 bits per heavy atom. The number of rotatable bonds is 6. The molecule has 0 saturated heterocycles. The summed E-state index contributed by atoms with van der Waals surface area (Å²) in [5.74, 6) is 1.13. The predicted octanol–water partition coefficient (Wildman–Crippen LogP) is 4.76. The summed E-state index contributed by atoms with van der Waals surface area (Å²) in [6.45, 7) is 4.15. The van der Waals surface area contributed by atoms with Gasteiger partial charge in [0.1, 0.15) is 5.54 Å². The van der Waals surface area contributed by atoms with Crippen LogP contribution in [0.4, 0.5) is 0 Å². The van der Waals surface area contributed by atoms with E-state index in [1.54, 1.807) is 23.9 Å². The molecule has 1 aromatic rings. The summed E-state index contributed by atoms with van der Waals surface area (Å²) < 4.78 is 0. The van der Waals surface area contributed by atoms with Crippen molar-refractivity contribution in [2.24, 2.45) is 5.92 Å². The average Bonchev–Trinajstić information content (AvgIpc) is 3.22. The zero-order valence-corrected chi connectivity index (χ0v) is 13.9. The second kappa shape index (κ2) is 6.58. The Bertz CT molecular complexity index is 523. The van der Waals surface area contributed by atoms with Gasteiger partial charge in [-0.25, -0.2) is 0 Å². The van der Waals surface area contributed by atoms with E-state index in [1.165, 1.54) is 0 Å². The number of nitriles is 1. The molecule has 0 amide bonds. The summed E-state index contributed by atoms with van der Waals surface area (Å²) in [5, 5.41) is 14.5. The molecule has 1 N–H and O–H groups in total. The lowest BCUT2D eigenvalue weighted by atomic mass is 9.96. The third kappa shape index (κ3) is 3.83. The van der Waals surface area contributed by atoms with Gasteiger partial charge in [-0.2, -0.15) is 5.26 Å². The van der Waals surface area contributed by atoms with Gasteiger partial charge < -0.3 is 0 Å². The SMILES string of the molecule is CC(C)NC(C#N)(CSc1cc(Cl)ccc1Cl)C1CC1. The van der Waals surface area contributed by atoms with Crippen LogP contribution in [0.2, 0.25) is 10.0 Å². The molecule has 0 spiro atoms. The quantitative estimate of drug-likeness (QED) is 0.765. The third-order valence-corrected chi connectivity index (χ3v) is 5.29. The molecule has 1 fully saturated rings. The van der Waals surface area contributed by atoms with Crippen LogP contribution in [-0.4, -0.2) is 17.3 Å². The zero-order valence-electron chi connectivity index (χ0n) is 11.6. The molecule has 1 atom stereocenters. The molecule has 1 aliphatic rings. The minimum absolute atomic E-state index is 0.283. The number of hydrogen-bond acceptors (Lipinski definition) is 3. The molecule has 1 unspecified atom stereocenters. The van der Waals surface area contributed by atoms with E-state index >= 15 is 0 Å². The fourth-order valence-electron chi connectivity index (χ4n) is 2.30. The Kier molecular flexibility index (Phi) is 5.25. The fourth-order valence-corrected chi connectivity index (χ4v) is 4.00. The normalized spacial score (nSPS) is 17.8. The number of nitrogens with zero attached hydrogens (tertiary/aromatic N) is 1. The second-order valence-corrected chi connectivity index (χ2v) is 7.38. The summed E-state index contributed by atoms with van der Waals surface area (Å²) in [7, 11) is 0. The first-order valence-corrected chi connectivity index (χ1v) is 8.48. The highest BCUT2D eigenvalue weighted by Crippen LogP contribution is 2.43. The highest BCUT2D eigenvalue weighted by molar-refractivity contribution is 7.99. The second-order valence-electron chi connectivity index (χ2n) is 5.52. The van der Waals surface area contributed by atoms with Crippen LogP contribution in [0, 0.1) is 17.2 Å². The van der Waals surface area contributed by atoms with Crippen molar-refractivity contribution in [3.05, 3.63) is 28.2 Å². The zero-order chi connectivity index (χ0) is 14.8. The minimum atomic E-state index is -0.468. The Balaban J connectivity index is 2.13. The van der Waals surface area contributed by atoms with Gasteiger partial charge in [-0.15, -0.1) is 11.8 Å². The minimum Gasteiger partial charge on any atom is -0.296 e. The Morgan fingerprint density at radius 3 is 2.70 bits per heavy atom. The molecule has 5 heteroatoms.